The number of aliphatic carboxylic acids is 1. The lowest BCUT2D eigenvalue weighted by Gasteiger charge is -2.19. The second-order valence-electron chi connectivity index (χ2n) is 4.07. The summed E-state index contributed by atoms with van der Waals surface area (Å²) in [6, 6.07) is 4.64. The van der Waals surface area contributed by atoms with Crippen LogP contribution in [0.15, 0.2) is 41.8 Å². The molecule has 0 spiro atoms. The fourth-order valence-electron chi connectivity index (χ4n) is 1.49. The van der Waals surface area contributed by atoms with Crippen molar-refractivity contribution in [1.82, 2.24) is 4.90 Å². The molecule has 0 fully saturated rings. The summed E-state index contributed by atoms with van der Waals surface area (Å²) in [5.74, 6) is -1.18. The first-order chi connectivity index (χ1) is 9.74. The van der Waals surface area contributed by atoms with Gasteiger partial charge in [0.25, 0.3) is 0 Å². The van der Waals surface area contributed by atoms with Crippen molar-refractivity contribution in [1.29, 1.82) is 0 Å². The van der Waals surface area contributed by atoms with Gasteiger partial charge in [0.05, 0.1) is 4.90 Å². The standard InChI is InChI=1S/C12H15N3O5S/c1-2-6-15(8-11(16)17)12(18)14-9-4-3-5-10(7-9)21(13,19)20/h2-5,7H,1,6,8H2,(H,14,18)(H,16,17)(H2,13,19,20). The third kappa shape index (κ3) is 5.24. The Kier molecular flexibility index (Phi) is 5.44. The Morgan fingerprint density at radius 1 is 1.43 bits per heavy atom. The smallest absolute Gasteiger partial charge is 0.323 e. The van der Waals surface area contributed by atoms with Crippen molar-refractivity contribution in [3.63, 3.8) is 0 Å². The fraction of sp³-hybridized carbons (Fsp3) is 0.167. The van der Waals surface area contributed by atoms with E-state index in [4.69, 9.17) is 10.2 Å². The van der Waals surface area contributed by atoms with Crippen molar-refractivity contribution in [2.45, 2.75) is 4.90 Å². The van der Waals surface area contributed by atoms with Crippen LogP contribution in [0.5, 0.6) is 0 Å². The van der Waals surface area contributed by atoms with Crippen molar-refractivity contribution in [2.24, 2.45) is 5.14 Å². The molecule has 0 saturated heterocycles. The molecule has 0 unspecified atom stereocenters. The Morgan fingerprint density at radius 2 is 2.10 bits per heavy atom. The van der Waals surface area contributed by atoms with Gasteiger partial charge in [-0.1, -0.05) is 12.1 Å². The minimum atomic E-state index is -3.89. The number of primary sulfonamides is 1. The van der Waals surface area contributed by atoms with Gasteiger partial charge in [0.1, 0.15) is 6.54 Å². The number of carbonyl (C=O) groups is 2. The molecule has 8 nitrogen and oxygen atoms in total. The number of hydrogen-bond acceptors (Lipinski definition) is 4. The van der Waals surface area contributed by atoms with Crippen LogP contribution in [-0.4, -0.2) is 43.5 Å². The van der Waals surface area contributed by atoms with Crippen molar-refractivity contribution < 1.29 is 23.1 Å². The molecule has 4 N–H and O–H groups in total. The highest BCUT2D eigenvalue weighted by Gasteiger charge is 2.16. The highest BCUT2D eigenvalue weighted by molar-refractivity contribution is 7.89. The summed E-state index contributed by atoms with van der Waals surface area (Å²) in [4.78, 5) is 23.4. The molecule has 0 aliphatic heterocycles. The molecule has 1 rings (SSSR count). The zero-order valence-corrected chi connectivity index (χ0v) is 11.8. The maximum Gasteiger partial charge on any atom is 0.323 e. The number of carbonyl (C=O) groups excluding carboxylic acids is 1. The van der Waals surface area contributed by atoms with Crippen molar-refractivity contribution in [2.75, 3.05) is 18.4 Å². The number of nitrogens with zero attached hydrogens (tertiary/aromatic N) is 1. The van der Waals surface area contributed by atoms with E-state index in [-0.39, 0.29) is 17.1 Å². The highest BCUT2D eigenvalue weighted by Crippen LogP contribution is 2.14. The van der Waals surface area contributed by atoms with Crippen LogP contribution >= 0.6 is 0 Å². The quantitative estimate of drug-likeness (QED) is 0.656. The van der Waals surface area contributed by atoms with E-state index >= 15 is 0 Å². The van der Waals surface area contributed by atoms with Gasteiger partial charge in [-0.2, -0.15) is 0 Å². The van der Waals surface area contributed by atoms with Crippen LogP contribution in [0.2, 0.25) is 0 Å². The zero-order chi connectivity index (χ0) is 16.0. The van der Waals surface area contributed by atoms with Gasteiger partial charge >= 0.3 is 12.0 Å². The average molecular weight is 313 g/mol. The third-order valence-electron chi connectivity index (χ3n) is 2.38. The average Bonchev–Trinajstić information content (AvgIpc) is 2.37. The second-order valence-corrected chi connectivity index (χ2v) is 5.63. The van der Waals surface area contributed by atoms with Gasteiger partial charge in [-0.05, 0) is 18.2 Å². The van der Waals surface area contributed by atoms with E-state index in [1.54, 1.807) is 0 Å². The summed E-state index contributed by atoms with van der Waals surface area (Å²) in [6.45, 7) is 2.96. The maximum atomic E-state index is 11.9. The van der Waals surface area contributed by atoms with Crippen LogP contribution in [0.1, 0.15) is 0 Å². The van der Waals surface area contributed by atoms with E-state index in [2.05, 4.69) is 11.9 Å². The molecule has 114 valence electrons. The van der Waals surface area contributed by atoms with Gasteiger partial charge in [0.2, 0.25) is 10.0 Å². The second kappa shape index (κ2) is 6.86. The van der Waals surface area contributed by atoms with E-state index in [1.165, 1.54) is 30.3 Å². The van der Waals surface area contributed by atoms with Gasteiger partial charge in [0, 0.05) is 12.2 Å². The van der Waals surface area contributed by atoms with Crippen molar-refractivity contribution in [3.05, 3.63) is 36.9 Å². The molecular weight excluding hydrogens is 298 g/mol. The normalized spacial score (nSPS) is 10.7. The molecule has 0 saturated carbocycles. The van der Waals surface area contributed by atoms with Crippen LogP contribution in [0, 0.1) is 0 Å². The highest BCUT2D eigenvalue weighted by atomic mass is 32.2. The fourth-order valence-corrected chi connectivity index (χ4v) is 2.05. The van der Waals surface area contributed by atoms with Crippen LogP contribution < -0.4 is 10.5 Å². The van der Waals surface area contributed by atoms with Gasteiger partial charge in [0.15, 0.2) is 0 Å². The Labute approximate surface area is 121 Å². The minimum absolute atomic E-state index is 0.0347. The zero-order valence-electron chi connectivity index (χ0n) is 11.0. The van der Waals surface area contributed by atoms with Crippen molar-refractivity contribution in [3.8, 4) is 0 Å². The lowest BCUT2D eigenvalue weighted by atomic mass is 10.3. The molecule has 0 bridgehead atoms. The van der Waals surface area contributed by atoms with Crippen LogP contribution in [0.4, 0.5) is 10.5 Å². The minimum Gasteiger partial charge on any atom is -0.480 e. The van der Waals surface area contributed by atoms with E-state index in [9.17, 15) is 18.0 Å². The molecule has 0 atom stereocenters. The Bertz CT molecular complexity index is 657. The van der Waals surface area contributed by atoms with Gasteiger partial charge in [-0.15, -0.1) is 6.58 Å². The SMILES string of the molecule is C=CCN(CC(=O)O)C(=O)Nc1cccc(S(N)(=O)=O)c1. The van der Waals surface area contributed by atoms with Crippen molar-refractivity contribution >= 4 is 27.7 Å². The van der Waals surface area contributed by atoms with Gasteiger partial charge < -0.3 is 15.3 Å². The van der Waals surface area contributed by atoms with E-state index in [0.29, 0.717) is 0 Å². The van der Waals surface area contributed by atoms with Crippen LogP contribution in [-0.2, 0) is 14.8 Å². The number of benzene rings is 1. The molecule has 1 aromatic carbocycles. The van der Waals surface area contributed by atoms with Gasteiger partial charge in [-0.3, -0.25) is 4.79 Å². The van der Waals surface area contributed by atoms with E-state index < -0.39 is 28.6 Å². The van der Waals surface area contributed by atoms with Crippen LogP contribution in [0.3, 0.4) is 0 Å². The van der Waals surface area contributed by atoms with Gasteiger partial charge in [-0.25, -0.2) is 18.4 Å². The molecule has 9 heteroatoms. The summed E-state index contributed by atoms with van der Waals surface area (Å²) in [5.41, 5.74) is 0.186. The molecule has 0 aliphatic carbocycles. The summed E-state index contributed by atoms with van der Waals surface area (Å²) in [7, 11) is -3.89. The van der Waals surface area contributed by atoms with E-state index in [1.807, 2.05) is 0 Å². The number of anilines is 1. The number of urea groups is 1. The first-order valence-electron chi connectivity index (χ1n) is 5.75. The first-order valence-corrected chi connectivity index (χ1v) is 7.30. The topological polar surface area (TPSA) is 130 Å². The third-order valence-corrected chi connectivity index (χ3v) is 3.29. The lowest BCUT2D eigenvalue weighted by Crippen LogP contribution is -2.38. The maximum absolute atomic E-state index is 11.9. The molecule has 0 aliphatic rings. The van der Waals surface area contributed by atoms with Crippen LogP contribution in [0.25, 0.3) is 0 Å². The first kappa shape index (κ1) is 16.7. The molecule has 1 aromatic rings. The number of rotatable bonds is 6. The predicted octanol–water partition coefficient (Wildman–Crippen LogP) is 0.439. The summed E-state index contributed by atoms with van der Waals surface area (Å²) in [6.07, 6.45) is 1.38. The molecule has 0 aromatic heterocycles. The number of carboxylic acid groups (broad SMARTS) is 1. The summed E-state index contributed by atoms with van der Waals surface area (Å²) < 4.78 is 22.4. The molecule has 2 amide bonds. The summed E-state index contributed by atoms with van der Waals surface area (Å²) in [5, 5.41) is 16.1. The number of nitrogens with two attached hydrogens (primary N) is 1. The van der Waals surface area contributed by atoms with E-state index in [0.717, 1.165) is 4.90 Å². The molecule has 0 heterocycles. The number of sulfonamides is 1. The lowest BCUT2D eigenvalue weighted by molar-refractivity contribution is -0.137. The number of carboxylic acids is 1. The molecular formula is C12H15N3O5S. The largest absolute Gasteiger partial charge is 0.480 e. The number of nitrogens with one attached hydrogen (secondary N) is 1. The monoisotopic (exact) mass is 313 g/mol. The molecule has 21 heavy (non-hydrogen) atoms. The number of amides is 2. The summed E-state index contributed by atoms with van der Waals surface area (Å²) >= 11 is 0. The number of hydrogen-bond donors (Lipinski definition) is 3. The molecule has 0 radical (unpaired) electrons. The predicted molar refractivity (Wildman–Crippen MR) is 76.2 cm³/mol. The Balaban J connectivity index is 2.91. The Hall–Kier alpha value is -2.39. The Morgan fingerprint density at radius 3 is 2.62 bits per heavy atom.